The molecule has 33 heavy (non-hydrogen) atoms. The van der Waals surface area contributed by atoms with E-state index in [1.807, 2.05) is 12.3 Å². The SMILES string of the molecule is CCc1ccncc1CNC(=O)NCC1CCC12CCN(C(=O)CC(CC)CC)CC2.CO.[HH]. The van der Waals surface area contributed by atoms with Crippen molar-refractivity contribution in [1.82, 2.24) is 20.5 Å². The average molecular weight is 463 g/mol. The minimum atomic E-state index is -0.106. The van der Waals surface area contributed by atoms with Crippen LogP contribution in [0.2, 0.25) is 0 Å². The number of carbonyl (C=O) groups is 2. The van der Waals surface area contributed by atoms with Gasteiger partial charge in [0.2, 0.25) is 5.91 Å². The number of hydrogen-bond donors (Lipinski definition) is 3. The maximum atomic E-state index is 12.6. The van der Waals surface area contributed by atoms with E-state index in [1.165, 1.54) is 18.4 Å². The van der Waals surface area contributed by atoms with Gasteiger partial charge in [-0.15, -0.1) is 0 Å². The van der Waals surface area contributed by atoms with Crippen molar-refractivity contribution in [3.8, 4) is 0 Å². The van der Waals surface area contributed by atoms with E-state index >= 15 is 0 Å². The van der Waals surface area contributed by atoms with Crippen LogP contribution < -0.4 is 10.6 Å². The van der Waals surface area contributed by atoms with Gasteiger partial charge in [0.25, 0.3) is 0 Å². The highest BCUT2D eigenvalue weighted by atomic mass is 16.2. The first-order chi connectivity index (χ1) is 16.0. The summed E-state index contributed by atoms with van der Waals surface area (Å²) in [6.07, 6.45) is 12.0. The molecule has 1 saturated carbocycles. The van der Waals surface area contributed by atoms with Crippen LogP contribution in [-0.4, -0.2) is 53.7 Å². The van der Waals surface area contributed by atoms with Crippen molar-refractivity contribution < 1.29 is 16.1 Å². The average Bonchev–Trinajstić information content (AvgIpc) is 2.86. The molecule has 1 aromatic rings. The van der Waals surface area contributed by atoms with Crippen LogP contribution in [0.3, 0.4) is 0 Å². The van der Waals surface area contributed by atoms with Crippen molar-refractivity contribution in [2.24, 2.45) is 17.3 Å². The molecule has 7 heteroatoms. The number of piperidine rings is 1. The second kappa shape index (κ2) is 13.5. The molecule has 188 valence electrons. The normalized spacial score (nSPS) is 18.8. The summed E-state index contributed by atoms with van der Waals surface area (Å²) in [5.41, 5.74) is 2.61. The lowest BCUT2D eigenvalue weighted by molar-refractivity contribution is -0.137. The molecule has 0 radical (unpaired) electrons. The zero-order valence-corrected chi connectivity index (χ0v) is 21.0. The molecule has 1 spiro atoms. The topological polar surface area (TPSA) is 94.6 Å². The van der Waals surface area contributed by atoms with Gasteiger partial charge in [-0.25, -0.2) is 4.79 Å². The zero-order chi connectivity index (χ0) is 24.3. The summed E-state index contributed by atoms with van der Waals surface area (Å²) in [5.74, 6) is 1.38. The van der Waals surface area contributed by atoms with E-state index in [-0.39, 0.29) is 7.46 Å². The summed E-state index contributed by atoms with van der Waals surface area (Å²) in [7, 11) is 1.00. The molecular weight excluding hydrogens is 416 g/mol. The van der Waals surface area contributed by atoms with Gasteiger partial charge in [0.05, 0.1) is 0 Å². The molecule has 2 fully saturated rings. The lowest BCUT2D eigenvalue weighted by atomic mass is 9.55. The second-order valence-corrected chi connectivity index (χ2v) is 9.43. The van der Waals surface area contributed by atoms with Crippen LogP contribution in [0, 0.1) is 17.3 Å². The molecule has 1 unspecified atom stereocenters. The number of pyridine rings is 1. The highest BCUT2D eigenvalue weighted by Gasteiger charge is 2.48. The van der Waals surface area contributed by atoms with Crippen LogP contribution in [-0.2, 0) is 17.8 Å². The predicted molar refractivity (Wildman–Crippen MR) is 134 cm³/mol. The predicted octanol–water partition coefficient (Wildman–Crippen LogP) is 4.14. The van der Waals surface area contributed by atoms with Gasteiger partial charge < -0.3 is 20.6 Å². The summed E-state index contributed by atoms with van der Waals surface area (Å²) < 4.78 is 0. The molecule has 1 atom stereocenters. The van der Waals surface area contributed by atoms with E-state index < -0.39 is 0 Å². The quantitative estimate of drug-likeness (QED) is 0.514. The smallest absolute Gasteiger partial charge is 0.315 e. The fraction of sp³-hybridized carbons (Fsp3) is 0.731. The number of urea groups is 1. The van der Waals surface area contributed by atoms with Crippen molar-refractivity contribution >= 4 is 11.9 Å². The Labute approximate surface area is 201 Å². The van der Waals surface area contributed by atoms with Gasteiger partial charge in [-0.3, -0.25) is 9.78 Å². The molecule has 7 nitrogen and oxygen atoms in total. The molecule has 2 heterocycles. The number of aliphatic hydroxyl groups excluding tert-OH is 1. The molecule has 0 bridgehead atoms. The Morgan fingerprint density at radius 3 is 2.42 bits per heavy atom. The van der Waals surface area contributed by atoms with Crippen molar-refractivity contribution in [2.75, 3.05) is 26.7 Å². The first kappa shape index (κ1) is 27.1. The largest absolute Gasteiger partial charge is 0.400 e. The van der Waals surface area contributed by atoms with Crippen LogP contribution in [0.15, 0.2) is 18.5 Å². The number of aromatic nitrogens is 1. The van der Waals surface area contributed by atoms with E-state index in [0.29, 0.717) is 36.1 Å². The number of aryl methyl sites for hydroxylation is 1. The summed E-state index contributed by atoms with van der Waals surface area (Å²) >= 11 is 0. The standard InChI is InChI=1S/C25H40N4O2.CH4O.H2/c1-4-19(5-2)15-23(30)29-13-10-25(11-14-29)9-7-22(25)18-28-24(31)27-17-21-16-26-12-8-20(21)6-3;1-2;/h8,12,16,19,22H,4-7,9-11,13-15,17-18H2,1-3H3,(H2,27,28,31);2H,1H3;1H. The molecule has 3 rings (SSSR count). The van der Waals surface area contributed by atoms with E-state index in [4.69, 9.17) is 5.11 Å². The third-order valence-electron chi connectivity index (χ3n) is 7.92. The van der Waals surface area contributed by atoms with E-state index in [0.717, 1.165) is 64.4 Å². The monoisotopic (exact) mass is 462 g/mol. The summed E-state index contributed by atoms with van der Waals surface area (Å²) in [6.45, 7) is 9.45. The highest BCUT2D eigenvalue weighted by Crippen LogP contribution is 2.53. The number of rotatable bonds is 9. The Morgan fingerprint density at radius 1 is 1.15 bits per heavy atom. The molecule has 0 aromatic carbocycles. The third-order valence-corrected chi connectivity index (χ3v) is 7.92. The van der Waals surface area contributed by atoms with Crippen molar-refractivity contribution in [3.05, 3.63) is 29.6 Å². The molecule has 1 aromatic heterocycles. The van der Waals surface area contributed by atoms with Crippen molar-refractivity contribution in [3.63, 3.8) is 0 Å². The number of nitrogens with zero attached hydrogens (tertiary/aromatic N) is 2. The Morgan fingerprint density at radius 2 is 1.85 bits per heavy atom. The van der Waals surface area contributed by atoms with Crippen LogP contribution in [0.25, 0.3) is 0 Å². The molecule has 1 aliphatic heterocycles. The van der Waals surface area contributed by atoms with E-state index in [2.05, 4.69) is 41.3 Å². The summed E-state index contributed by atoms with van der Waals surface area (Å²) in [5, 5.41) is 13.1. The number of likely N-dealkylation sites (tertiary alicyclic amines) is 1. The van der Waals surface area contributed by atoms with Gasteiger partial charge in [0.1, 0.15) is 0 Å². The van der Waals surface area contributed by atoms with Gasteiger partial charge in [0, 0.05) is 53.5 Å². The molecule has 1 aliphatic carbocycles. The molecular formula is C26H46N4O3. The molecule has 1 saturated heterocycles. The molecule has 2 aliphatic rings. The highest BCUT2D eigenvalue weighted by molar-refractivity contribution is 5.76. The maximum absolute atomic E-state index is 12.6. The summed E-state index contributed by atoms with van der Waals surface area (Å²) in [4.78, 5) is 31.2. The molecule has 3 N–H and O–H groups in total. The minimum Gasteiger partial charge on any atom is -0.400 e. The van der Waals surface area contributed by atoms with Crippen molar-refractivity contribution in [1.29, 1.82) is 0 Å². The van der Waals surface area contributed by atoms with E-state index in [9.17, 15) is 9.59 Å². The number of aliphatic hydroxyl groups is 1. The van der Waals surface area contributed by atoms with Crippen LogP contribution in [0.5, 0.6) is 0 Å². The number of carbonyl (C=O) groups excluding carboxylic acids is 2. The first-order valence-corrected chi connectivity index (χ1v) is 12.7. The fourth-order valence-corrected chi connectivity index (χ4v) is 5.30. The number of amides is 3. The lowest BCUT2D eigenvalue weighted by Crippen LogP contribution is -2.54. The second-order valence-electron chi connectivity index (χ2n) is 9.43. The van der Waals surface area contributed by atoms with Gasteiger partial charge >= 0.3 is 6.03 Å². The zero-order valence-electron chi connectivity index (χ0n) is 21.0. The van der Waals surface area contributed by atoms with Gasteiger partial charge in [-0.1, -0.05) is 33.6 Å². The van der Waals surface area contributed by atoms with E-state index in [1.54, 1.807) is 6.20 Å². The van der Waals surface area contributed by atoms with Crippen LogP contribution >= 0.6 is 0 Å². The van der Waals surface area contributed by atoms with Gasteiger partial charge in [0.15, 0.2) is 0 Å². The summed E-state index contributed by atoms with van der Waals surface area (Å²) in [6, 6.07) is 1.90. The minimum absolute atomic E-state index is 0. The number of nitrogens with one attached hydrogen (secondary N) is 2. The van der Waals surface area contributed by atoms with Gasteiger partial charge in [-0.05, 0) is 66.5 Å². The number of hydrogen-bond acceptors (Lipinski definition) is 4. The Hall–Kier alpha value is -2.15. The Bertz CT molecular complexity index is 749. The Kier molecular flexibility index (Phi) is 11.1. The third kappa shape index (κ3) is 7.16. The fourth-order valence-electron chi connectivity index (χ4n) is 5.30. The van der Waals surface area contributed by atoms with Crippen LogP contribution in [0.1, 0.15) is 78.3 Å². The van der Waals surface area contributed by atoms with Gasteiger partial charge in [-0.2, -0.15) is 0 Å². The van der Waals surface area contributed by atoms with Crippen LogP contribution in [0.4, 0.5) is 4.79 Å². The first-order valence-electron chi connectivity index (χ1n) is 12.7. The van der Waals surface area contributed by atoms with Crippen molar-refractivity contribution in [2.45, 2.75) is 78.7 Å². The maximum Gasteiger partial charge on any atom is 0.315 e. The molecule has 3 amide bonds. The lowest BCUT2D eigenvalue weighted by Gasteiger charge is -2.54. The Balaban J connectivity index is 0.00000188.